The maximum Gasteiger partial charge on any atom is 0.312 e. The molecular weight excluding hydrogens is 560 g/mol. The van der Waals surface area contributed by atoms with Gasteiger partial charge < -0.3 is 14.2 Å². The van der Waals surface area contributed by atoms with E-state index in [0.29, 0.717) is 41.1 Å². The Morgan fingerprint density at radius 1 is 0.889 bits per heavy atom. The first-order valence-electron chi connectivity index (χ1n) is 17.4. The van der Waals surface area contributed by atoms with Crippen molar-refractivity contribution >= 4 is 17.8 Å². The highest BCUT2D eigenvalue weighted by molar-refractivity contribution is 6.04. The number of ketones is 1. The Morgan fingerprint density at radius 2 is 1.62 bits per heavy atom. The van der Waals surface area contributed by atoms with Gasteiger partial charge in [-0.2, -0.15) is 0 Å². The zero-order chi connectivity index (χ0) is 32.7. The third-order valence-corrected chi connectivity index (χ3v) is 15.0. The largest absolute Gasteiger partial charge is 0.493 e. The van der Waals surface area contributed by atoms with Crippen molar-refractivity contribution in [2.75, 3.05) is 21.3 Å². The second-order valence-electron chi connectivity index (χ2n) is 16.8. The SMILES string of the molecule is C=C(C)[C@@H]1CC[C@@]2(C(=O)OC)CC[C@]3(C)[C@@H](CC[C@H]4[C@@]5(C)C/C(=C\c6cccc(OC)c6OC)C(=O)C(C)(C)[C@@H]5CC[C@@]43C)[C@H]12. The van der Waals surface area contributed by atoms with Crippen molar-refractivity contribution in [3.8, 4) is 11.5 Å². The molecule has 0 spiro atoms. The Hall–Kier alpha value is -2.56. The molecule has 0 saturated heterocycles. The number of para-hydroxylation sites is 1. The number of carbonyl (C=O) groups excluding carboxylic acids is 2. The Balaban J connectivity index is 1.42. The summed E-state index contributed by atoms with van der Waals surface area (Å²) in [5.41, 5.74) is 2.41. The molecule has 1 aromatic rings. The van der Waals surface area contributed by atoms with Gasteiger partial charge in [-0.05, 0) is 128 Å². The van der Waals surface area contributed by atoms with E-state index in [1.54, 1.807) is 21.3 Å². The molecule has 0 N–H and O–H groups in total. The van der Waals surface area contributed by atoms with E-state index in [1.807, 2.05) is 18.2 Å². The molecular formula is C40H56O5. The lowest BCUT2D eigenvalue weighted by molar-refractivity contribution is -0.232. The number of methoxy groups -OCH3 is 3. The van der Waals surface area contributed by atoms with Gasteiger partial charge in [0.05, 0.1) is 26.7 Å². The van der Waals surface area contributed by atoms with Crippen LogP contribution in [0.5, 0.6) is 11.5 Å². The number of benzene rings is 1. The first-order chi connectivity index (χ1) is 21.2. The van der Waals surface area contributed by atoms with Crippen LogP contribution in [0, 0.1) is 56.7 Å². The van der Waals surface area contributed by atoms with Crippen LogP contribution in [-0.2, 0) is 14.3 Å². The molecule has 0 bridgehead atoms. The van der Waals surface area contributed by atoms with Crippen LogP contribution >= 0.6 is 0 Å². The van der Waals surface area contributed by atoms with Gasteiger partial charge in [-0.3, -0.25) is 9.59 Å². The number of ether oxygens (including phenoxy) is 3. The van der Waals surface area contributed by atoms with E-state index < -0.39 is 5.41 Å². The lowest BCUT2D eigenvalue weighted by Gasteiger charge is -2.72. The van der Waals surface area contributed by atoms with Gasteiger partial charge in [-0.25, -0.2) is 0 Å². The van der Waals surface area contributed by atoms with Crippen LogP contribution in [0.2, 0.25) is 0 Å². The highest BCUT2D eigenvalue weighted by Crippen LogP contribution is 2.77. The summed E-state index contributed by atoms with van der Waals surface area (Å²) >= 11 is 0. The zero-order valence-corrected chi connectivity index (χ0v) is 29.3. The molecule has 45 heavy (non-hydrogen) atoms. The summed E-state index contributed by atoms with van der Waals surface area (Å²) in [6.45, 7) is 18.7. The monoisotopic (exact) mass is 616 g/mol. The quantitative estimate of drug-likeness (QED) is 0.188. The van der Waals surface area contributed by atoms with Gasteiger partial charge in [0, 0.05) is 11.0 Å². The van der Waals surface area contributed by atoms with Crippen molar-refractivity contribution in [3.63, 3.8) is 0 Å². The van der Waals surface area contributed by atoms with Crippen molar-refractivity contribution in [1.82, 2.24) is 0 Å². The minimum absolute atomic E-state index is 0.0107. The molecule has 5 aliphatic carbocycles. The molecule has 1 aromatic carbocycles. The van der Waals surface area contributed by atoms with Crippen LogP contribution in [0.3, 0.4) is 0 Å². The van der Waals surface area contributed by atoms with Crippen molar-refractivity contribution in [1.29, 1.82) is 0 Å². The number of Topliss-reactive ketones (excluding diaryl/α,β-unsaturated/α-hetero) is 1. The molecule has 0 aliphatic heterocycles. The van der Waals surface area contributed by atoms with Crippen LogP contribution in [0.4, 0.5) is 0 Å². The van der Waals surface area contributed by atoms with E-state index in [-0.39, 0.29) is 33.4 Å². The Kier molecular flexibility index (Phi) is 7.73. The van der Waals surface area contributed by atoms with Gasteiger partial charge in [0.15, 0.2) is 17.3 Å². The smallest absolute Gasteiger partial charge is 0.312 e. The fourth-order valence-corrected chi connectivity index (χ4v) is 12.9. The standard InChI is InChI=1S/C40H56O5/c1-24(2)27-16-19-40(35(42)45-10)21-20-38(6)28(32(27)40)14-15-31-37(5)23-26(22-25-12-11-13-29(43-8)33(25)44-9)34(41)36(3,4)30(37)17-18-39(31,38)7/h11-13,22,27-28,30-32H,1,14-21,23H2,2-10H3/b26-22+/t27-,28-,30-,31-,32-,37-,38+,39-,40+/m0/s1. The number of allylic oxidation sites excluding steroid dienone is 2. The zero-order valence-electron chi connectivity index (χ0n) is 29.3. The first-order valence-corrected chi connectivity index (χ1v) is 17.4. The molecule has 9 atom stereocenters. The van der Waals surface area contributed by atoms with E-state index in [9.17, 15) is 9.59 Å². The average Bonchev–Trinajstić information content (AvgIpc) is 3.41. The molecule has 0 amide bonds. The molecule has 246 valence electrons. The van der Waals surface area contributed by atoms with E-state index in [0.717, 1.165) is 68.9 Å². The van der Waals surface area contributed by atoms with E-state index in [1.165, 1.54) is 5.57 Å². The second kappa shape index (κ2) is 10.7. The Labute approximate surface area is 271 Å². The van der Waals surface area contributed by atoms with Gasteiger partial charge in [-0.15, -0.1) is 0 Å². The average molecular weight is 617 g/mol. The lowest BCUT2D eigenvalue weighted by Crippen LogP contribution is -2.67. The molecule has 5 nitrogen and oxygen atoms in total. The summed E-state index contributed by atoms with van der Waals surface area (Å²) in [6.07, 6.45) is 11.3. The summed E-state index contributed by atoms with van der Waals surface area (Å²) in [7, 11) is 4.89. The number of hydrogen-bond acceptors (Lipinski definition) is 5. The van der Waals surface area contributed by atoms with Crippen molar-refractivity contribution in [2.45, 2.75) is 99.3 Å². The predicted molar refractivity (Wildman–Crippen MR) is 179 cm³/mol. The Morgan fingerprint density at radius 3 is 2.27 bits per heavy atom. The summed E-state index contributed by atoms with van der Waals surface area (Å²) in [6, 6.07) is 5.89. The van der Waals surface area contributed by atoms with Crippen molar-refractivity contribution < 1.29 is 23.8 Å². The summed E-state index contributed by atoms with van der Waals surface area (Å²) in [5.74, 6) is 3.58. The molecule has 5 saturated carbocycles. The predicted octanol–water partition coefficient (Wildman–Crippen LogP) is 9.10. The van der Waals surface area contributed by atoms with Gasteiger partial charge in [0.25, 0.3) is 0 Å². The molecule has 5 aliphatic rings. The number of fused-ring (bicyclic) bond motifs is 7. The molecule has 0 heterocycles. The molecule has 6 rings (SSSR count). The van der Waals surface area contributed by atoms with E-state index in [4.69, 9.17) is 14.2 Å². The highest BCUT2D eigenvalue weighted by atomic mass is 16.5. The lowest BCUT2D eigenvalue weighted by atomic mass is 9.32. The van der Waals surface area contributed by atoms with Crippen molar-refractivity contribution in [2.24, 2.45) is 56.7 Å². The maximum absolute atomic E-state index is 14.3. The fourth-order valence-electron chi connectivity index (χ4n) is 12.9. The number of esters is 1. The molecule has 0 aromatic heterocycles. The van der Waals surface area contributed by atoms with Gasteiger partial charge in [-0.1, -0.05) is 58.9 Å². The first kappa shape index (κ1) is 32.4. The third kappa shape index (κ3) is 4.23. The number of rotatable bonds is 5. The molecule has 0 radical (unpaired) electrons. The van der Waals surface area contributed by atoms with Crippen LogP contribution in [0.1, 0.15) is 105 Å². The summed E-state index contributed by atoms with van der Waals surface area (Å²) in [4.78, 5) is 27.9. The topological polar surface area (TPSA) is 61.8 Å². The van der Waals surface area contributed by atoms with Crippen LogP contribution < -0.4 is 9.47 Å². The summed E-state index contributed by atoms with van der Waals surface area (Å²) < 4.78 is 16.9. The third-order valence-electron chi connectivity index (χ3n) is 15.0. The normalized spacial score (nSPS) is 42.6. The highest BCUT2D eigenvalue weighted by Gasteiger charge is 2.72. The molecule has 0 unspecified atom stereocenters. The minimum atomic E-state index is -0.451. The van der Waals surface area contributed by atoms with E-state index >= 15 is 0 Å². The van der Waals surface area contributed by atoms with Gasteiger partial charge in [0.1, 0.15) is 0 Å². The maximum atomic E-state index is 14.3. The second-order valence-corrected chi connectivity index (χ2v) is 16.8. The molecule has 5 heteroatoms. The van der Waals surface area contributed by atoms with Crippen LogP contribution in [-0.4, -0.2) is 33.1 Å². The molecule has 5 fully saturated rings. The Bertz CT molecular complexity index is 1440. The summed E-state index contributed by atoms with van der Waals surface area (Å²) in [5, 5.41) is 0. The van der Waals surface area contributed by atoms with E-state index in [2.05, 4.69) is 54.2 Å². The van der Waals surface area contributed by atoms with Gasteiger partial charge in [0.2, 0.25) is 0 Å². The number of carbonyl (C=O) groups is 2. The number of hydrogen-bond donors (Lipinski definition) is 0. The van der Waals surface area contributed by atoms with Crippen LogP contribution in [0.25, 0.3) is 6.08 Å². The minimum Gasteiger partial charge on any atom is -0.493 e. The fraction of sp³-hybridized carbons (Fsp3) is 0.700. The van der Waals surface area contributed by atoms with Crippen molar-refractivity contribution in [3.05, 3.63) is 41.5 Å². The van der Waals surface area contributed by atoms with Gasteiger partial charge >= 0.3 is 5.97 Å². The van der Waals surface area contributed by atoms with Crippen LogP contribution in [0.15, 0.2) is 35.9 Å².